The van der Waals surface area contributed by atoms with Crippen LogP contribution in [0, 0.1) is 0 Å². The van der Waals surface area contributed by atoms with E-state index in [9.17, 15) is 4.79 Å². The number of methoxy groups -OCH3 is 1. The van der Waals surface area contributed by atoms with Crippen molar-refractivity contribution in [1.82, 2.24) is 5.32 Å². The van der Waals surface area contributed by atoms with E-state index in [-0.39, 0.29) is 11.4 Å². The summed E-state index contributed by atoms with van der Waals surface area (Å²) < 4.78 is 5.13. The summed E-state index contributed by atoms with van der Waals surface area (Å²) >= 11 is 0. The summed E-state index contributed by atoms with van der Waals surface area (Å²) in [6.07, 6.45) is 2.45. The number of ether oxygens (including phenoxy) is 1. The Balaban J connectivity index is 2.07. The predicted molar refractivity (Wildman–Crippen MR) is 66.6 cm³/mol. The molecule has 1 heterocycles. The van der Waals surface area contributed by atoms with Gasteiger partial charge >= 0.3 is 0 Å². The highest BCUT2D eigenvalue weighted by Gasteiger charge is 2.32. The van der Waals surface area contributed by atoms with Crippen molar-refractivity contribution in [2.75, 3.05) is 7.11 Å². The van der Waals surface area contributed by atoms with Gasteiger partial charge in [0.05, 0.1) is 6.61 Å². The van der Waals surface area contributed by atoms with E-state index in [2.05, 4.69) is 30.4 Å². The fraction of sp³-hybridized carbons (Fsp3) is 0.500. The molecule has 92 valence electrons. The average molecular weight is 233 g/mol. The third kappa shape index (κ3) is 3.07. The minimum absolute atomic E-state index is 0.0806. The van der Waals surface area contributed by atoms with E-state index >= 15 is 0 Å². The topological polar surface area (TPSA) is 38.3 Å². The highest BCUT2D eigenvalue weighted by molar-refractivity contribution is 5.79. The Morgan fingerprint density at radius 2 is 2.18 bits per heavy atom. The van der Waals surface area contributed by atoms with Gasteiger partial charge in [0.2, 0.25) is 5.91 Å². The SMILES string of the molecule is COCc1cccc(CC2(C)CCC(=O)N2)c1. The van der Waals surface area contributed by atoms with Gasteiger partial charge in [0.15, 0.2) is 0 Å². The van der Waals surface area contributed by atoms with Crippen LogP contribution in [-0.2, 0) is 22.6 Å². The Labute approximate surface area is 102 Å². The van der Waals surface area contributed by atoms with Crippen LogP contribution >= 0.6 is 0 Å². The lowest BCUT2D eigenvalue weighted by molar-refractivity contribution is -0.119. The summed E-state index contributed by atoms with van der Waals surface area (Å²) in [7, 11) is 1.70. The standard InChI is InChI=1S/C14H19NO2/c1-14(7-6-13(16)15-14)9-11-4-3-5-12(8-11)10-17-2/h3-5,8H,6-7,9-10H2,1-2H3,(H,15,16). The molecule has 0 aliphatic carbocycles. The molecule has 1 N–H and O–H groups in total. The fourth-order valence-corrected chi connectivity index (χ4v) is 2.43. The summed E-state index contributed by atoms with van der Waals surface area (Å²) in [5.74, 6) is 0.167. The van der Waals surface area contributed by atoms with Gasteiger partial charge in [-0.15, -0.1) is 0 Å². The maximum absolute atomic E-state index is 11.3. The van der Waals surface area contributed by atoms with Crippen molar-refractivity contribution in [2.24, 2.45) is 0 Å². The summed E-state index contributed by atoms with van der Waals surface area (Å²) in [5, 5.41) is 3.06. The summed E-state index contributed by atoms with van der Waals surface area (Å²) in [6.45, 7) is 2.75. The van der Waals surface area contributed by atoms with Gasteiger partial charge in [-0.25, -0.2) is 0 Å². The van der Waals surface area contributed by atoms with E-state index in [0.29, 0.717) is 13.0 Å². The van der Waals surface area contributed by atoms with Gasteiger partial charge in [-0.05, 0) is 30.9 Å². The van der Waals surface area contributed by atoms with Gasteiger partial charge in [0.1, 0.15) is 0 Å². The Morgan fingerprint density at radius 3 is 2.82 bits per heavy atom. The largest absolute Gasteiger partial charge is 0.380 e. The zero-order valence-corrected chi connectivity index (χ0v) is 10.5. The zero-order valence-electron chi connectivity index (χ0n) is 10.5. The molecule has 1 saturated heterocycles. The number of rotatable bonds is 4. The van der Waals surface area contributed by atoms with E-state index in [1.54, 1.807) is 7.11 Å². The van der Waals surface area contributed by atoms with Crippen LogP contribution in [0.5, 0.6) is 0 Å². The van der Waals surface area contributed by atoms with Crippen LogP contribution in [-0.4, -0.2) is 18.6 Å². The second kappa shape index (κ2) is 4.88. The normalized spacial score (nSPS) is 23.8. The Morgan fingerprint density at radius 1 is 1.41 bits per heavy atom. The molecule has 3 nitrogen and oxygen atoms in total. The van der Waals surface area contributed by atoms with Crippen molar-refractivity contribution in [3.8, 4) is 0 Å². The molecule has 0 saturated carbocycles. The quantitative estimate of drug-likeness (QED) is 0.864. The van der Waals surface area contributed by atoms with Gasteiger partial charge in [-0.2, -0.15) is 0 Å². The van der Waals surface area contributed by atoms with Crippen molar-refractivity contribution in [1.29, 1.82) is 0 Å². The van der Waals surface area contributed by atoms with Gasteiger partial charge in [-0.3, -0.25) is 4.79 Å². The minimum atomic E-state index is -0.0806. The monoisotopic (exact) mass is 233 g/mol. The Hall–Kier alpha value is -1.35. The Kier molecular flexibility index (Phi) is 3.48. The first-order valence-corrected chi connectivity index (χ1v) is 5.99. The molecule has 0 aromatic heterocycles. The molecule has 0 bridgehead atoms. The van der Waals surface area contributed by atoms with Crippen molar-refractivity contribution < 1.29 is 9.53 Å². The Bertz CT molecular complexity index is 416. The van der Waals surface area contributed by atoms with Gasteiger partial charge < -0.3 is 10.1 Å². The lowest BCUT2D eigenvalue weighted by Gasteiger charge is -2.24. The van der Waals surface area contributed by atoms with Crippen molar-refractivity contribution in [2.45, 2.75) is 38.3 Å². The number of carbonyl (C=O) groups excluding carboxylic acids is 1. The summed E-state index contributed by atoms with van der Waals surface area (Å²) in [5.41, 5.74) is 2.35. The van der Waals surface area contributed by atoms with E-state index in [0.717, 1.165) is 12.8 Å². The lowest BCUT2D eigenvalue weighted by Crippen LogP contribution is -2.40. The van der Waals surface area contributed by atoms with Gasteiger partial charge in [0.25, 0.3) is 0 Å². The highest BCUT2D eigenvalue weighted by atomic mass is 16.5. The number of carbonyl (C=O) groups is 1. The van der Waals surface area contributed by atoms with E-state index < -0.39 is 0 Å². The van der Waals surface area contributed by atoms with Crippen LogP contribution in [0.2, 0.25) is 0 Å². The van der Waals surface area contributed by atoms with Crippen LogP contribution < -0.4 is 5.32 Å². The summed E-state index contributed by atoms with van der Waals surface area (Å²) in [6, 6.07) is 8.36. The maximum atomic E-state index is 11.3. The summed E-state index contributed by atoms with van der Waals surface area (Å²) in [4.78, 5) is 11.3. The lowest BCUT2D eigenvalue weighted by atomic mass is 9.91. The average Bonchev–Trinajstić information content (AvgIpc) is 2.59. The molecule has 1 aromatic carbocycles. The van der Waals surface area contributed by atoms with Gasteiger partial charge in [0, 0.05) is 19.1 Å². The molecule has 1 unspecified atom stereocenters. The molecule has 1 atom stereocenters. The molecular weight excluding hydrogens is 214 g/mol. The first kappa shape index (κ1) is 12.1. The number of benzene rings is 1. The first-order valence-electron chi connectivity index (χ1n) is 5.99. The molecule has 0 radical (unpaired) electrons. The van der Waals surface area contributed by atoms with Crippen LogP contribution in [0.15, 0.2) is 24.3 Å². The van der Waals surface area contributed by atoms with Crippen LogP contribution in [0.25, 0.3) is 0 Å². The highest BCUT2D eigenvalue weighted by Crippen LogP contribution is 2.24. The molecule has 1 aliphatic rings. The zero-order chi connectivity index (χ0) is 12.3. The third-order valence-electron chi connectivity index (χ3n) is 3.24. The van der Waals surface area contributed by atoms with Crippen LogP contribution in [0.4, 0.5) is 0 Å². The molecule has 1 aromatic rings. The predicted octanol–water partition coefficient (Wildman–Crippen LogP) is 2.04. The van der Waals surface area contributed by atoms with Crippen molar-refractivity contribution in [3.63, 3.8) is 0 Å². The molecule has 1 amide bonds. The third-order valence-corrected chi connectivity index (χ3v) is 3.24. The van der Waals surface area contributed by atoms with Crippen LogP contribution in [0.3, 0.4) is 0 Å². The fourth-order valence-electron chi connectivity index (χ4n) is 2.43. The second-order valence-corrected chi connectivity index (χ2v) is 5.04. The van der Waals surface area contributed by atoms with Crippen LogP contribution in [0.1, 0.15) is 30.9 Å². The van der Waals surface area contributed by atoms with Gasteiger partial charge in [-0.1, -0.05) is 24.3 Å². The first-order chi connectivity index (χ1) is 8.11. The van der Waals surface area contributed by atoms with E-state index in [1.165, 1.54) is 11.1 Å². The molecule has 3 heteroatoms. The van der Waals surface area contributed by atoms with E-state index in [1.807, 2.05) is 6.07 Å². The number of nitrogens with one attached hydrogen (secondary N) is 1. The second-order valence-electron chi connectivity index (χ2n) is 5.04. The molecular formula is C14H19NO2. The van der Waals surface area contributed by atoms with Crippen molar-refractivity contribution in [3.05, 3.63) is 35.4 Å². The molecule has 0 spiro atoms. The smallest absolute Gasteiger partial charge is 0.220 e. The number of hydrogen-bond donors (Lipinski definition) is 1. The number of hydrogen-bond acceptors (Lipinski definition) is 2. The minimum Gasteiger partial charge on any atom is -0.380 e. The molecule has 1 fully saturated rings. The van der Waals surface area contributed by atoms with E-state index in [4.69, 9.17) is 4.74 Å². The molecule has 17 heavy (non-hydrogen) atoms. The van der Waals surface area contributed by atoms with Crippen molar-refractivity contribution >= 4 is 5.91 Å². The molecule has 2 rings (SSSR count). The molecule has 1 aliphatic heterocycles. The maximum Gasteiger partial charge on any atom is 0.220 e. The number of amides is 1.